The lowest BCUT2D eigenvalue weighted by Crippen LogP contribution is -2.30. The maximum Gasteiger partial charge on any atom is 0.489 e. The Bertz CT molecular complexity index is 1260. The van der Waals surface area contributed by atoms with E-state index in [2.05, 4.69) is 10.4 Å². The zero-order valence-electron chi connectivity index (χ0n) is 16.8. The van der Waals surface area contributed by atoms with Gasteiger partial charge in [-0.15, -0.1) is 0 Å². The van der Waals surface area contributed by atoms with Crippen molar-refractivity contribution < 1.29 is 14.4 Å². The van der Waals surface area contributed by atoms with Gasteiger partial charge in [0.1, 0.15) is 11.6 Å². The van der Waals surface area contributed by atoms with E-state index in [0.29, 0.717) is 28.9 Å². The molecule has 3 N–H and O–H groups in total. The molecule has 2 aromatic carbocycles. The molecule has 0 unspecified atom stereocenters. The third-order valence-electron chi connectivity index (χ3n) is 5.64. The molecule has 0 fully saturated rings. The largest absolute Gasteiger partial charge is 0.489 e. The van der Waals surface area contributed by atoms with Gasteiger partial charge in [-0.1, -0.05) is 24.3 Å². The van der Waals surface area contributed by atoms with Gasteiger partial charge in [0.2, 0.25) is 0 Å². The molecular formula is C22H21BFN5O2. The number of benzene rings is 2. The summed E-state index contributed by atoms with van der Waals surface area (Å²) in [6.07, 6.45) is 5.48. The highest BCUT2D eigenvalue weighted by Gasteiger charge is 2.21. The highest BCUT2D eigenvalue weighted by Crippen LogP contribution is 2.27. The molecule has 0 saturated heterocycles. The minimum Gasteiger partial charge on any atom is -0.423 e. The van der Waals surface area contributed by atoms with Crippen molar-refractivity contribution in [3.05, 3.63) is 71.3 Å². The first kappa shape index (κ1) is 19.7. The highest BCUT2D eigenvalue weighted by molar-refractivity contribution is 6.61. The molecule has 0 atom stereocenters. The summed E-state index contributed by atoms with van der Waals surface area (Å²) in [5, 5.41) is 27.7. The van der Waals surface area contributed by atoms with Crippen LogP contribution >= 0.6 is 0 Å². The molecular weight excluding hydrogens is 396 g/mol. The Balaban J connectivity index is 1.56. The van der Waals surface area contributed by atoms with E-state index in [1.54, 1.807) is 29.1 Å². The van der Waals surface area contributed by atoms with Crippen molar-refractivity contribution in [1.82, 2.24) is 19.7 Å². The average Bonchev–Trinajstić information content (AvgIpc) is 3.21. The average molecular weight is 417 g/mol. The van der Waals surface area contributed by atoms with Crippen molar-refractivity contribution in [3.8, 4) is 5.95 Å². The van der Waals surface area contributed by atoms with E-state index in [1.807, 2.05) is 12.1 Å². The molecule has 31 heavy (non-hydrogen) atoms. The van der Waals surface area contributed by atoms with E-state index in [1.165, 1.54) is 12.1 Å². The summed E-state index contributed by atoms with van der Waals surface area (Å²) < 4.78 is 15.2. The van der Waals surface area contributed by atoms with Gasteiger partial charge in [-0.25, -0.2) is 9.37 Å². The van der Waals surface area contributed by atoms with Crippen LogP contribution in [0.2, 0.25) is 0 Å². The predicted molar refractivity (Wildman–Crippen MR) is 117 cm³/mol. The van der Waals surface area contributed by atoms with E-state index >= 15 is 0 Å². The summed E-state index contributed by atoms with van der Waals surface area (Å²) in [6, 6.07) is 11.7. The summed E-state index contributed by atoms with van der Waals surface area (Å²) in [4.78, 5) is 9.52. The van der Waals surface area contributed by atoms with Crippen LogP contribution in [0.25, 0.3) is 16.9 Å². The smallest absolute Gasteiger partial charge is 0.423 e. The van der Waals surface area contributed by atoms with E-state index in [9.17, 15) is 14.4 Å². The van der Waals surface area contributed by atoms with Gasteiger partial charge >= 0.3 is 7.12 Å². The zero-order chi connectivity index (χ0) is 21.4. The maximum absolute atomic E-state index is 13.6. The highest BCUT2D eigenvalue weighted by atomic mass is 19.1. The number of fused-ring (bicyclic) bond motifs is 2. The quantitative estimate of drug-likeness (QED) is 0.431. The van der Waals surface area contributed by atoms with Gasteiger partial charge in [0.05, 0.1) is 17.4 Å². The summed E-state index contributed by atoms with van der Waals surface area (Å²) in [7, 11) is -1.59. The van der Waals surface area contributed by atoms with Crippen LogP contribution in [0.1, 0.15) is 29.7 Å². The Morgan fingerprint density at radius 2 is 1.90 bits per heavy atom. The first-order chi connectivity index (χ1) is 15.1. The fourth-order valence-corrected chi connectivity index (χ4v) is 4.11. The van der Waals surface area contributed by atoms with Crippen molar-refractivity contribution in [2.24, 2.45) is 0 Å². The van der Waals surface area contributed by atoms with Crippen molar-refractivity contribution in [2.45, 2.75) is 32.2 Å². The molecule has 5 rings (SSSR count). The van der Waals surface area contributed by atoms with Crippen LogP contribution in [0.3, 0.4) is 0 Å². The number of hydrogen-bond acceptors (Lipinski definition) is 6. The van der Waals surface area contributed by atoms with Crippen LogP contribution < -0.4 is 10.8 Å². The predicted octanol–water partition coefficient (Wildman–Crippen LogP) is 2.13. The fourth-order valence-electron chi connectivity index (χ4n) is 4.11. The Kier molecular flexibility index (Phi) is 5.13. The molecule has 156 valence electrons. The normalized spacial score (nSPS) is 13.3. The monoisotopic (exact) mass is 417 g/mol. The third kappa shape index (κ3) is 3.78. The van der Waals surface area contributed by atoms with E-state index < -0.39 is 7.12 Å². The lowest BCUT2D eigenvalue weighted by Gasteiger charge is -2.20. The molecule has 2 aromatic heterocycles. The van der Waals surface area contributed by atoms with Crippen LogP contribution in [0.4, 0.5) is 10.2 Å². The van der Waals surface area contributed by atoms with Crippen LogP contribution in [0.5, 0.6) is 0 Å². The van der Waals surface area contributed by atoms with Gasteiger partial charge in [-0.2, -0.15) is 14.8 Å². The maximum atomic E-state index is 13.6. The number of aromatic nitrogens is 4. The third-order valence-corrected chi connectivity index (χ3v) is 5.64. The molecule has 0 amide bonds. The van der Waals surface area contributed by atoms with Gasteiger partial charge in [-0.05, 0) is 54.9 Å². The van der Waals surface area contributed by atoms with Crippen molar-refractivity contribution in [3.63, 3.8) is 0 Å². The lowest BCUT2D eigenvalue weighted by atomic mass is 9.78. The molecule has 7 nitrogen and oxygen atoms in total. The summed E-state index contributed by atoms with van der Waals surface area (Å²) in [5.41, 5.74) is 3.98. The lowest BCUT2D eigenvalue weighted by molar-refractivity contribution is 0.426. The topological polar surface area (TPSA) is 96.1 Å². The number of anilines is 1. The molecule has 0 saturated carbocycles. The fraction of sp³-hybridized carbons (Fsp3) is 0.227. The minimum absolute atomic E-state index is 0.269. The van der Waals surface area contributed by atoms with Gasteiger partial charge in [0.25, 0.3) is 5.95 Å². The number of nitrogens with one attached hydrogen (secondary N) is 1. The van der Waals surface area contributed by atoms with Gasteiger partial charge in [0, 0.05) is 17.5 Å². The minimum atomic E-state index is -1.59. The van der Waals surface area contributed by atoms with Crippen molar-refractivity contribution in [1.29, 1.82) is 0 Å². The Morgan fingerprint density at radius 3 is 2.74 bits per heavy atom. The van der Waals surface area contributed by atoms with E-state index in [-0.39, 0.29) is 5.82 Å². The van der Waals surface area contributed by atoms with Crippen LogP contribution in [0, 0.1) is 5.82 Å². The van der Waals surface area contributed by atoms with Crippen molar-refractivity contribution in [2.75, 3.05) is 5.32 Å². The first-order valence-electron chi connectivity index (χ1n) is 10.3. The molecule has 0 aliphatic heterocycles. The summed E-state index contributed by atoms with van der Waals surface area (Å²) >= 11 is 0. The Labute approximate surface area is 178 Å². The number of halogens is 1. The Morgan fingerprint density at radius 1 is 1.06 bits per heavy atom. The number of nitrogens with zero attached hydrogens (tertiary/aromatic N) is 4. The Hall–Kier alpha value is -3.30. The van der Waals surface area contributed by atoms with Gasteiger partial charge in [0.15, 0.2) is 0 Å². The van der Waals surface area contributed by atoms with E-state index in [0.717, 1.165) is 48.3 Å². The SMILES string of the molecule is OB(O)c1cccc2c1cnn2-c1nc2c(c(NCc3cccc(F)c3)n1)CCCC2. The molecule has 4 aromatic rings. The second-order valence-electron chi connectivity index (χ2n) is 7.70. The first-order valence-corrected chi connectivity index (χ1v) is 10.3. The zero-order valence-corrected chi connectivity index (χ0v) is 16.8. The summed E-state index contributed by atoms with van der Waals surface area (Å²) in [5.74, 6) is 0.877. The molecule has 1 aliphatic carbocycles. The van der Waals surface area contributed by atoms with E-state index in [4.69, 9.17) is 9.97 Å². The second kappa shape index (κ2) is 8.09. The van der Waals surface area contributed by atoms with Crippen LogP contribution in [0.15, 0.2) is 48.7 Å². The molecule has 0 radical (unpaired) electrons. The molecule has 9 heteroatoms. The van der Waals surface area contributed by atoms with Gasteiger partial charge in [-0.3, -0.25) is 0 Å². The van der Waals surface area contributed by atoms with Crippen molar-refractivity contribution >= 4 is 29.3 Å². The number of hydrogen-bond donors (Lipinski definition) is 3. The standard InChI is InChI=1S/C22H21BFN5O2/c24-15-6-3-5-14(11-15)12-25-21-16-7-1-2-9-19(16)27-22(28-21)29-20-10-4-8-18(23(30)31)17(20)13-26-29/h3-6,8,10-11,13,30-31H,1-2,7,9,12H2,(H,25,27,28). The van der Waals surface area contributed by atoms with Gasteiger partial charge < -0.3 is 15.4 Å². The second-order valence-corrected chi connectivity index (χ2v) is 7.70. The number of aryl methyl sites for hydroxylation is 1. The summed E-state index contributed by atoms with van der Waals surface area (Å²) in [6.45, 7) is 0.446. The molecule has 0 bridgehead atoms. The molecule has 2 heterocycles. The van der Waals surface area contributed by atoms with Crippen LogP contribution in [-0.2, 0) is 19.4 Å². The molecule has 0 spiro atoms. The molecule has 1 aliphatic rings. The number of rotatable bonds is 5. The van der Waals surface area contributed by atoms with Crippen LogP contribution in [-0.4, -0.2) is 36.9 Å².